The summed E-state index contributed by atoms with van der Waals surface area (Å²) in [5.41, 5.74) is 2.80. The molecule has 4 nitrogen and oxygen atoms in total. The predicted octanol–water partition coefficient (Wildman–Crippen LogP) is 1.33. The first-order chi connectivity index (χ1) is 7.38. The van der Waals surface area contributed by atoms with E-state index in [1.807, 2.05) is 6.92 Å². The Labute approximate surface area is 91.8 Å². The van der Waals surface area contributed by atoms with E-state index in [1.165, 1.54) is 0 Å². The lowest BCUT2D eigenvalue weighted by Crippen LogP contribution is -2.38. The van der Waals surface area contributed by atoms with Crippen LogP contribution in [0.2, 0.25) is 0 Å². The van der Waals surface area contributed by atoms with Gasteiger partial charge in [-0.1, -0.05) is 0 Å². The minimum absolute atomic E-state index is 0.144. The average Bonchev–Trinajstić information content (AvgIpc) is 2.30. The first-order valence-corrected chi connectivity index (χ1v) is 5.75. The summed E-state index contributed by atoms with van der Waals surface area (Å²) in [4.78, 5) is 0. The number of hydrogen-bond acceptors (Lipinski definition) is 4. The van der Waals surface area contributed by atoms with Crippen LogP contribution < -0.4 is 11.3 Å². The molecule has 1 unspecified atom stereocenters. The van der Waals surface area contributed by atoms with Crippen LogP contribution in [0, 0.1) is 0 Å². The quantitative estimate of drug-likeness (QED) is 0.381. The van der Waals surface area contributed by atoms with Gasteiger partial charge in [0.2, 0.25) is 0 Å². The van der Waals surface area contributed by atoms with Gasteiger partial charge in [-0.05, 0) is 38.7 Å². The zero-order valence-corrected chi connectivity index (χ0v) is 9.50. The Balaban J connectivity index is 2.25. The van der Waals surface area contributed by atoms with Crippen LogP contribution >= 0.6 is 0 Å². The Morgan fingerprint density at radius 3 is 3.13 bits per heavy atom. The zero-order valence-electron chi connectivity index (χ0n) is 9.50. The van der Waals surface area contributed by atoms with Gasteiger partial charge in [-0.25, -0.2) is 5.43 Å². The minimum atomic E-state index is 0.144. The SMILES string of the molecule is CCOCCCC(NN)C1=CCCCO1. The van der Waals surface area contributed by atoms with Gasteiger partial charge in [0.15, 0.2) is 0 Å². The molecule has 0 amide bonds. The third kappa shape index (κ3) is 4.64. The van der Waals surface area contributed by atoms with Crippen molar-refractivity contribution in [2.75, 3.05) is 19.8 Å². The second kappa shape index (κ2) is 7.68. The maximum Gasteiger partial charge on any atom is 0.110 e. The van der Waals surface area contributed by atoms with E-state index in [2.05, 4.69) is 11.5 Å². The van der Waals surface area contributed by atoms with Crippen LogP contribution in [-0.4, -0.2) is 25.9 Å². The van der Waals surface area contributed by atoms with Crippen LogP contribution in [0.5, 0.6) is 0 Å². The Bertz CT molecular complexity index is 195. The number of hydrazine groups is 1. The van der Waals surface area contributed by atoms with Crippen molar-refractivity contribution in [2.45, 2.75) is 38.6 Å². The lowest BCUT2D eigenvalue weighted by atomic mass is 10.1. The van der Waals surface area contributed by atoms with Gasteiger partial charge < -0.3 is 9.47 Å². The third-order valence-electron chi connectivity index (χ3n) is 2.49. The van der Waals surface area contributed by atoms with Crippen molar-refractivity contribution < 1.29 is 9.47 Å². The van der Waals surface area contributed by atoms with Crippen molar-refractivity contribution in [2.24, 2.45) is 5.84 Å². The Morgan fingerprint density at radius 2 is 2.53 bits per heavy atom. The van der Waals surface area contributed by atoms with E-state index in [0.29, 0.717) is 0 Å². The van der Waals surface area contributed by atoms with Crippen molar-refractivity contribution in [1.82, 2.24) is 5.43 Å². The first-order valence-electron chi connectivity index (χ1n) is 5.75. The lowest BCUT2D eigenvalue weighted by molar-refractivity contribution is 0.132. The van der Waals surface area contributed by atoms with Crippen molar-refractivity contribution in [3.63, 3.8) is 0 Å². The van der Waals surface area contributed by atoms with Gasteiger partial charge in [-0.3, -0.25) is 5.84 Å². The first kappa shape index (κ1) is 12.5. The van der Waals surface area contributed by atoms with Crippen LogP contribution in [0.1, 0.15) is 32.6 Å². The topological polar surface area (TPSA) is 56.5 Å². The van der Waals surface area contributed by atoms with Crippen molar-refractivity contribution in [3.8, 4) is 0 Å². The fraction of sp³-hybridized carbons (Fsp3) is 0.818. The summed E-state index contributed by atoms with van der Waals surface area (Å²) in [5.74, 6) is 6.51. The summed E-state index contributed by atoms with van der Waals surface area (Å²) in [7, 11) is 0. The van der Waals surface area contributed by atoms with Crippen LogP contribution in [0.4, 0.5) is 0 Å². The molecule has 1 aliphatic heterocycles. The molecule has 0 aromatic rings. The fourth-order valence-electron chi connectivity index (χ4n) is 1.66. The Morgan fingerprint density at radius 1 is 1.67 bits per heavy atom. The van der Waals surface area contributed by atoms with E-state index in [1.54, 1.807) is 0 Å². The van der Waals surface area contributed by atoms with Crippen molar-refractivity contribution in [1.29, 1.82) is 0 Å². The summed E-state index contributed by atoms with van der Waals surface area (Å²) in [5, 5.41) is 0. The highest BCUT2D eigenvalue weighted by atomic mass is 16.5. The van der Waals surface area contributed by atoms with Gasteiger partial charge in [0, 0.05) is 13.2 Å². The number of ether oxygens (including phenoxy) is 2. The Kier molecular flexibility index (Phi) is 6.39. The maximum absolute atomic E-state index is 5.57. The molecule has 88 valence electrons. The largest absolute Gasteiger partial charge is 0.497 e. The van der Waals surface area contributed by atoms with Crippen LogP contribution in [0.15, 0.2) is 11.8 Å². The standard InChI is InChI=1S/C11H22N2O2/c1-2-14-8-5-6-10(13-12)11-7-3-4-9-15-11/h7,10,13H,2-6,8-9,12H2,1H3. The highest BCUT2D eigenvalue weighted by molar-refractivity contribution is 5.04. The number of allylic oxidation sites excluding steroid dienone is 1. The molecule has 0 saturated carbocycles. The van der Waals surface area contributed by atoms with Crippen molar-refractivity contribution >= 4 is 0 Å². The summed E-state index contributed by atoms with van der Waals surface area (Å²) in [6.07, 6.45) is 6.30. The van der Waals surface area contributed by atoms with Gasteiger partial charge in [-0.2, -0.15) is 0 Å². The molecule has 0 aliphatic carbocycles. The second-order valence-corrected chi connectivity index (χ2v) is 3.66. The molecule has 0 radical (unpaired) electrons. The molecule has 1 aliphatic rings. The Hall–Kier alpha value is -0.580. The normalized spacial score (nSPS) is 18.1. The molecule has 1 heterocycles. The highest BCUT2D eigenvalue weighted by Crippen LogP contribution is 2.16. The molecule has 0 aromatic heterocycles. The summed E-state index contributed by atoms with van der Waals surface area (Å²) in [6, 6.07) is 0.144. The molecule has 4 heteroatoms. The molecule has 1 atom stereocenters. The minimum Gasteiger partial charge on any atom is -0.497 e. The smallest absolute Gasteiger partial charge is 0.110 e. The van der Waals surface area contributed by atoms with Gasteiger partial charge in [-0.15, -0.1) is 0 Å². The summed E-state index contributed by atoms with van der Waals surface area (Å²) < 4.78 is 10.9. The molecule has 0 aromatic carbocycles. The molecule has 0 bridgehead atoms. The predicted molar refractivity (Wildman–Crippen MR) is 60.1 cm³/mol. The molecule has 0 fully saturated rings. The number of hydrogen-bond donors (Lipinski definition) is 2. The van der Waals surface area contributed by atoms with Crippen LogP contribution in [0.25, 0.3) is 0 Å². The number of nitrogens with two attached hydrogens (primary N) is 1. The molecule has 1 rings (SSSR count). The molecule has 0 spiro atoms. The highest BCUT2D eigenvalue weighted by Gasteiger charge is 2.15. The van der Waals surface area contributed by atoms with Crippen LogP contribution in [0.3, 0.4) is 0 Å². The fourth-order valence-corrected chi connectivity index (χ4v) is 1.66. The molecular formula is C11H22N2O2. The lowest BCUT2D eigenvalue weighted by Gasteiger charge is -2.23. The van der Waals surface area contributed by atoms with Gasteiger partial charge >= 0.3 is 0 Å². The maximum atomic E-state index is 5.57. The van der Waals surface area contributed by atoms with E-state index in [-0.39, 0.29) is 6.04 Å². The second-order valence-electron chi connectivity index (χ2n) is 3.66. The van der Waals surface area contributed by atoms with E-state index < -0.39 is 0 Å². The van der Waals surface area contributed by atoms with E-state index in [4.69, 9.17) is 15.3 Å². The monoisotopic (exact) mass is 214 g/mol. The molecule has 3 N–H and O–H groups in total. The van der Waals surface area contributed by atoms with Gasteiger partial charge in [0.25, 0.3) is 0 Å². The van der Waals surface area contributed by atoms with Crippen LogP contribution in [-0.2, 0) is 9.47 Å². The molecular weight excluding hydrogens is 192 g/mol. The van der Waals surface area contributed by atoms with Gasteiger partial charge in [0.1, 0.15) is 5.76 Å². The van der Waals surface area contributed by atoms with E-state index in [9.17, 15) is 0 Å². The molecule has 15 heavy (non-hydrogen) atoms. The molecule has 0 saturated heterocycles. The van der Waals surface area contributed by atoms with E-state index >= 15 is 0 Å². The number of rotatable bonds is 7. The van der Waals surface area contributed by atoms with Gasteiger partial charge in [0.05, 0.1) is 12.6 Å². The number of nitrogens with one attached hydrogen (secondary N) is 1. The van der Waals surface area contributed by atoms with E-state index in [0.717, 1.165) is 51.3 Å². The average molecular weight is 214 g/mol. The third-order valence-corrected chi connectivity index (χ3v) is 2.49. The summed E-state index contributed by atoms with van der Waals surface area (Å²) in [6.45, 7) is 4.39. The van der Waals surface area contributed by atoms with Crippen molar-refractivity contribution in [3.05, 3.63) is 11.8 Å². The summed E-state index contributed by atoms with van der Waals surface area (Å²) >= 11 is 0. The zero-order chi connectivity index (χ0) is 10.9.